The maximum absolute atomic E-state index is 11.8. The average molecular weight is 424 g/mol. The minimum absolute atomic E-state index is 0.261. The van der Waals surface area contributed by atoms with Gasteiger partial charge in [-0.2, -0.15) is 5.10 Å². The van der Waals surface area contributed by atoms with Crippen molar-refractivity contribution in [2.45, 2.75) is 4.90 Å². The lowest BCUT2D eigenvalue weighted by Crippen LogP contribution is -2.01. The number of anilines is 1. The molecule has 0 aliphatic rings. The van der Waals surface area contributed by atoms with Crippen molar-refractivity contribution in [2.24, 2.45) is 0 Å². The highest BCUT2D eigenvalue weighted by molar-refractivity contribution is 7.90. The normalized spacial score (nSPS) is 11.5. The van der Waals surface area contributed by atoms with Gasteiger partial charge in [0.1, 0.15) is 0 Å². The van der Waals surface area contributed by atoms with Gasteiger partial charge in [-0.05, 0) is 54.6 Å². The lowest BCUT2D eigenvalue weighted by Gasteiger charge is -2.09. The van der Waals surface area contributed by atoms with Crippen molar-refractivity contribution in [2.75, 3.05) is 12.0 Å². The summed E-state index contributed by atoms with van der Waals surface area (Å²) in [4.78, 5) is 0.261. The Morgan fingerprint density at radius 3 is 2.21 bits per heavy atom. The molecule has 0 spiro atoms. The van der Waals surface area contributed by atoms with Crippen molar-refractivity contribution in [3.05, 3.63) is 83.9 Å². The summed E-state index contributed by atoms with van der Waals surface area (Å²) in [7, 11) is -3.27. The second-order valence-corrected chi connectivity index (χ2v) is 9.18. The molecule has 0 saturated heterocycles. The Bertz CT molecular complexity index is 1280. The van der Waals surface area contributed by atoms with E-state index < -0.39 is 9.84 Å². The second kappa shape index (κ2) is 7.39. The van der Waals surface area contributed by atoms with Crippen LogP contribution in [0.15, 0.2) is 83.8 Å². The first kappa shape index (κ1) is 19.2. The standard InChI is InChI=1S/C22H18ClN3O2S/c1-29(27,28)20-11-9-19(10-12-20)26-22(16-3-2-4-18(24)13-16)14-21(25-26)15-5-7-17(23)8-6-15/h2-14H,24H2,1H3. The number of aromatic nitrogens is 2. The molecule has 1 heterocycles. The van der Waals surface area contributed by atoms with Gasteiger partial charge < -0.3 is 5.73 Å². The van der Waals surface area contributed by atoms with Crippen LogP contribution in [0.25, 0.3) is 28.2 Å². The van der Waals surface area contributed by atoms with Crippen LogP contribution in [0.3, 0.4) is 0 Å². The molecule has 4 aromatic rings. The summed E-state index contributed by atoms with van der Waals surface area (Å²) in [6, 6.07) is 23.6. The van der Waals surface area contributed by atoms with Crippen LogP contribution in [0.4, 0.5) is 5.69 Å². The van der Waals surface area contributed by atoms with Gasteiger partial charge in [0, 0.05) is 28.1 Å². The van der Waals surface area contributed by atoms with Crippen LogP contribution >= 0.6 is 11.6 Å². The summed E-state index contributed by atoms with van der Waals surface area (Å²) in [6.07, 6.45) is 1.19. The van der Waals surface area contributed by atoms with Crippen molar-refractivity contribution < 1.29 is 8.42 Å². The molecule has 2 N–H and O–H groups in total. The Balaban J connectivity index is 1.88. The summed E-state index contributed by atoms with van der Waals surface area (Å²) in [6.45, 7) is 0. The molecule has 0 unspecified atom stereocenters. The van der Waals surface area contributed by atoms with Gasteiger partial charge in [0.05, 0.1) is 22.0 Å². The number of sulfone groups is 1. The third kappa shape index (κ3) is 4.04. The van der Waals surface area contributed by atoms with E-state index in [2.05, 4.69) is 0 Å². The van der Waals surface area contributed by atoms with E-state index in [1.165, 1.54) is 6.26 Å². The number of benzene rings is 3. The van der Waals surface area contributed by atoms with Gasteiger partial charge in [-0.3, -0.25) is 0 Å². The predicted octanol–water partition coefficient (Wildman–Crippen LogP) is 4.85. The smallest absolute Gasteiger partial charge is 0.175 e. The molecule has 0 bridgehead atoms. The Morgan fingerprint density at radius 2 is 1.59 bits per heavy atom. The highest BCUT2D eigenvalue weighted by Gasteiger charge is 2.14. The molecule has 29 heavy (non-hydrogen) atoms. The number of halogens is 1. The van der Waals surface area contributed by atoms with E-state index in [0.29, 0.717) is 10.7 Å². The molecule has 3 aromatic carbocycles. The minimum atomic E-state index is -3.27. The van der Waals surface area contributed by atoms with E-state index in [-0.39, 0.29) is 4.90 Å². The van der Waals surface area contributed by atoms with Gasteiger partial charge in [-0.15, -0.1) is 0 Å². The van der Waals surface area contributed by atoms with E-state index in [1.54, 1.807) is 28.9 Å². The summed E-state index contributed by atoms with van der Waals surface area (Å²) < 4.78 is 25.3. The van der Waals surface area contributed by atoms with Crippen LogP contribution in [-0.2, 0) is 9.84 Å². The first-order chi connectivity index (χ1) is 13.8. The highest BCUT2D eigenvalue weighted by Crippen LogP contribution is 2.30. The van der Waals surface area contributed by atoms with E-state index in [4.69, 9.17) is 22.4 Å². The Hall–Kier alpha value is -3.09. The molecule has 0 aliphatic carbocycles. The third-order valence-corrected chi connectivity index (χ3v) is 5.92. The monoisotopic (exact) mass is 423 g/mol. The zero-order valence-corrected chi connectivity index (χ0v) is 17.2. The van der Waals surface area contributed by atoms with E-state index in [0.717, 1.165) is 28.2 Å². The van der Waals surface area contributed by atoms with Gasteiger partial charge in [0.2, 0.25) is 0 Å². The van der Waals surface area contributed by atoms with Gasteiger partial charge in [0.25, 0.3) is 0 Å². The first-order valence-electron chi connectivity index (χ1n) is 8.84. The highest BCUT2D eigenvalue weighted by atomic mass is 35.5. The number of nitrogens with two attached hydrogens (primary N) is 1. The summed E-state index contributed by atoms with van der Waals surface area (Å²) in [5.41, 5.74) is 10.8. The quantitative estimate of drug-likeness (QED) is 0.476. The molecule has 1 aromatic heterocycles. The van der Waals surface area contributed by atoms with Crippen molar-refractivity contribution in [3.8, 4) is 28.2 Å². The van der Waals surface area contributed by atoms with E-state index >= 15 is 0 Å². The van der Waals surface area contributed by atoms with Crippen LogP contribution in [0.1, 0.15) is 0 Å². The van der Waals surface area contributed by atoms with Crippen LogP contribution in [0.2, 0.25) is 5.02 Å². The topological polar surface area (TPSA) is 78.0 Å². The fraction of sp³-hybridized carbons (Fsp3) is 0.0455. The van der Waals surface area contributed by atoms with E-state index in [1.807, 2.05) is 54.6 Å². The number of rotatable bonds is 4. The second-order valence-electron chi connectivity index (χ2n) is 6.73. The Labute approximate surface area is 174 Å². The number of hydrogen-bond donors (Lipinski definition) is 1. The van der Waals surface area contributed by atoms with E-state index in [9.17, 15) is 8.42 Å². The molecule has 0 amide bonds. The fourth-order valence-corrected chi connectivity index (χ4v) is 3.83. The van der Waals surface area contributed by atoms with Crippen LogP contribution < -0.4 is 5.73 Å². The van der Waals surface area contributed by atoms with Crippen LogP contribution in [0, 0.1) is 0 Å². The van der Waals surface area contributed by atoms with Crippen LogP contribution in [0.5, 0.6) is 0 Å². The molecule has 0 atom stereocenters. The molecule has 5 nitrogen and oxygen atoms in total. The molecule has 0 saturated carbocycles. The number of nitrogens with zero attached hydrogens (tertiary/aromatic N) is 2. The maximum atomic E-state index is 11.8. The average Bonchev–Trinajstić information content (AvgIpc) is 3.13. The van der Waals surface area contributed by atoms with Crippen molar-refractivity contribution in [1.82, 2.24) is 9.78 Å². The summed E-state index contributed by atoms with van der Waals surface area (Å²) in [5, 5.41) is 5.41. The van der Waals surface area contributed by atoms with Gasteiger partial charge in [0.15, 0.2) is 9.84 Å². The molecular formula is C22H18ClN3O2S. The Morgan fingerprint density at radius 1 is 0.897 bits per heavy atom. The molecule has 146 valence electrons. The number of nitrogen functional groups attached to an aromatic ring is 1. The van der Waals surface area contributed by atoms with Crippen molar-refractivity contribution in [3.63, 3.8) is 0 Å². The zero-order valence-electron chi connectivity index (χ0n) is 15.6. The fourth-order valence-electron chi connectivity index (χ4n) is 3.08. The largest absolute Gasteiger partial charge is 0.399 e. The molecular weight excluding hydrogens is 406 g/mol. The Kier molecular flexibility index (Phi) is 4.90. The lowest BCUT2D eigenvalue weighted by molar-refractivity contribution is 0.602. The minimum Gasteiger partial charge on any atom is -0.399 e. The lowest BCUT2D eigenvalue weighted by atomic mass is 10.1. The summed E-state index contributed by atoms with van der Waals surface area (Å²) >= 11 is 6.01. The molecule has 0 radical (unpaired) electrons. The van der Waals surface area contributed by atoms with Crippen LogP contribution in [-0.4, -0.2) is 24.5 Å². The van der Waals surface area contributed by atoms with Crippen molar-refractivity contribution in [1.29, 1.82) is 0 Å². The van der Waals surface area contributed by atoms with Gasteiger partial charge in [-0.25, -0.2) is 13.1 Å². The SMILES string of the molecule is CS(=O)(=O)c1ccc(-n2nc(-c3ccc(Cl)cc3)cc2-c2cccc(N)c2)cc1. The van der Waals surface area contributed by atoms with Gasteiger partial charge >= 0.3 is 0 Å². The zero-order chi connectivity index (χ0) is 20.6. The predicted molar refractivity (Wildman–Crippen MR) is 117 cm³/mol. The maximum Gasteiger partial charge on any atom is 0.175 e. The van der Waals surface area contributed by atoms with Gasteiger partial charge in [-0.1, -0.05) is 35.9 Å². The molecule has 7 heteroatoms. The number of hydrogen-bond acceptors (Lipinski definition) is 4. The van der Waals surface area contributed by atoms with Crippen molar-refractivity contribution >= 4 is 27.1 Å². The third-order valence-electron chi connectivity index (χ3n) is 4.54. The first-order valence-corrected chi connectivity index (χ1v) is 11.1. The molecule has 0 aliphatic heterocycles. The molecule has 4 rings (SSSR count). The molecule has 0 fully saturated rings. The summed E-state index contributed by atoms with van der Waals surface area (Å²) in [5.74, 6) is 0.